The average Bonchev–Trinajstić information content (AvgIpc) is 2.97. The molecule has 0 bridgehead atoms. The molecular weight excluding hydrogens is 280 g/mol. The molecule has 1 aromatic heterocycles. The Bertz CT molecular complexity index is 552. The fraction of sp³-hybridized carbons (Fsp3) is 0.615. The Morgan fingerprint density at radius 1 is 1.50 bits per heavy atom. The molecule has 1 amide bonds. The molecule has 1 aromatic rings. The van der Waals surface area contributed by atoms with Crippen LogP contribution >= 0.6 is 11.6 Å². The van der Waals surface area contributed by atoms with Crippen LogP contribution in [0.3, 0.4) is 0 Å². The largest absolute Gasteiger partial charge is 0.371 e. The second-order valence-electron chi connectivity index (χ2n) is 4.89. The quantitative estimate of drug-likeness (QED) is 0.911. The Morgan fingerprint density at radius 2 is 2.15 bits per heavy atom. The molecule has 1 unspecified atom stereocenters. The lowest BCUT2D eigenvalue weighted by atomic mass is 10.2. The second-order valence-corrected chi connectivity index (χ2v) is 5.27. The van der Waals surface area contributed by atoms with Gasteiger partial charge in [0.05, 0.1) is 11.9 Å². The number of hydrogen-bond donors (Lipinski definition) is 1. The van der Waals surface area contributed by atoms with Crippen molar-refractivity contribution in [3.8, 4) is 0 Å². The fourth-order valence-corrected chi connectivity index (χ4v) is 2.50. The maximum absolute atomic E-state index is 12.2. The summed E-state index contributed by atoms with van der Waals surface area (Å²) in [5.74, 6) is 0.0261. The minimum atomic E-state index is -0.427. The molecule has 1 saturated heterocycles. The van der Waals surface area contributed by atoms with Gasteiger partial charge in [0.25, 0.3) is 5.56 Å². The third-order valence-corrected chi connectivity index (χ3v) is 3.81. The Labute approximate surface area is 122 Å². The first-order chi connectivity index (χ1) is 9.54. The molecule has 7 heteroatoms. The van der Waals surface area contributed by atoms with E-state index in [9.17, 15) is 9.59 Å². The van der Waals surface area contributed by atoms with Gasteiger partial charge in [0.1, 0.15) is 11.1 Å². The highest BCUT2D eigenvalue weighted by molar-refractivity contribution is 6.33. The number of carbonyl (C=O) groups excluding carboxylic acids is 1. The van der Waals surface area contributed by atoms with Crippen LogP contribution in [0.5, 0.6) is 0 Å². The van der Waals surface area contributed by atoms with Crippen LogP contribution in [0.4, 0.5) is 5.69 Å². The monoisotopic (exact) mass is 298 g/mol. The van der Waals surface area contributed by atoms with E-state index >= 15 is 0 Å². The van der Waals surface area contributed by atoms with Crippen molar-refractivity contribution in [2.24, 2.45) is 0 Å². The predicted octanol–water partition coefficient (Wildman–Crippen LogP) is 1.34. The van der Waals surface area contributed by atoms with Crippen molar-refractivity contribution >= 4 is 23.2 Å². The molecule has 0 saturated carbocycles. The molecule has 1 atom stereocenters. The molecule has 2 heterocycles. The summed E-state index contributed by atoms with van der Waals surface area (Å²) in [6, 6.07) is -0.427. The molecule has 0 aliphatic carbocycles. The number of anilines is 1. The maximum atomic E-state index is 12.2. The highest BCUT2D eigenvalue weighted by Gasteiger charge is 2.24. The van der Waals surface area contributed by atoms with Crippen LogP contribution in [0.25, 0.3) is 0 Å². The van der Waals surface area contributed by atoms with E-state index in [-0.39, 0.29) is 16.5 Å². The SMILES string of the molecule is CCn1ncc(NC(C)C(=O)N2CCCC2)c(Cl)c1=O. The van der Waals surface area contributed by atoms with E-state index in [1.807, 2.05) is 11.8 Å². The summed E-state index contributed by atoms with van der Waals surface area (Å²) in [7, 11) is 0. The zero-order valence-corrected chi connectivity index (χ0v) is 12.5. The Kier molecular flexibility index (Phi) is 4.65. The number of rotatable bonds is 4. The van der Waals surface area contributed by atoms with Crippen molar-refractivity contribution in [2.75, 3.05) is 18.4 Å². The smallest absolute Gasteiger partial charge is 0.287 e. The molecule has 20 heavy (non-hydrogen) atoms. The molecule has 110 valence electrons. The van der Waals surface area contributed by atoms with Gasteiger partial charge in [0.15, 0.2) is 0 Å². The van der Waals surface area contributed by atoms with Crippen LogP contribution < -0.4 is 10.9 Å². The van der Waals surface area contributed by atoms with E-state index in [0.717, 1.165) is 25.9 Å². The normalized spacial score (nSPS) is 16.2. The molecular formula is C13H19ClN4O2. The third kappa shape index (κ3) is 2.95. The van der Waals surface area contributed by atoms with Crippen LogP contribution in [-0.4, -0.2) is 39.7 Å². The number of carbonyl (C=O) groups is 1. The van der Waals surface area contributed by atoms with E-state index in [0.29, 0.717) is 12.2 Å². The maximum Gasteiger partial charge on any atom is 0.287 e. The van der Waals surface area contributed by atoms with Crippen LogP contribution in [0.2, 0.25) is 5.02 Å². The van der Waals surface area contributed by atoms with Crippen molar-refractivity contribution in [1.29, 1.82) is 0 Å². The molecule has 0 radical (unpaired) electrons. The summed E-state index contributed by atoms with van der Waals surface area (Å²) < 4.78 is 1.28. The molecule has 1 aliphatic heterocycles. The zero-order chi connectivity index (χ0) is 14.7. The number of aromatic nitrogens is 2. The first kappa shape index (κ1) is 14.8. The molecule has 6 nitrogen and oxygen atoms in total. The highest BCUT2D eigenvalue weighted by Crippen LogP contribution is 2.18. The van der Waals surface area contributed by atoms with E-state index in [1.165, 1.54) is 10.9 Å². The molecule has 0 spiro atoms. The first-order valence-electron chi connectivity index (χ1n) is 6.85. The summed E-state index contributed by atoms with van der Waals surface area (Å²) in [6.07, 6.45) is 3.58. The zero-order valence-electron chi connectivity index (χ0n) is 11.7. The van der Waals surface area contributed by atoms with Crippen molar-refractivity contribution in [1.82, 2.24) is 14.7 Å². The fourth-order valence-electron chi connectivity index (χ4n) is 2.30. The van der Waals surface area contributed by atoms with Crippen molar-refractivity contribution < 1.29 is 4.79 Å². The Hall–Kier alpha value is -1.56. The second kappa shape index (κ2) is 6.26. The Balaban J connectivity index is 2.11. The molecule has 1 N–H and O–H groups in total. The van der Waals surface area contributed by atoms with Crippen LogP contribution in [0.15, 0.2) is 11.0 Å². The van der Waals surface area contributed by atoms with Crippen LogP contribution in [0.1, 0.15) is 26.7 Å². The highest BCUT2D eigenvalue weighted by atomic mass is 35.5. The van der Waals surface area contributed by atoms with Crippen molar-refractivity contribution in [2.45, 2.75) is 39.3 Å². The van der Waals surface area contributed by atoms with Gasteiger partial charge in [-0.1, -0.05) is 11.6 Å². The summed E-state index contributed by atoms with van der Waals surface area (Å²) in [6.45, 7) is 5.64. The van der Waals surface area contributed by atoms with Crippen LogP contribution in [-0.2, 0) is 11.3 Å². The van der Waals surface area contributed by atoms with Gasteiger partial charge < -0.3 is 10.2 Å². The number of halogens is 1. The Morgan fingerprint density at radius 3 is 2.75 bits per heavy atom. The van der Waals surface area contributed by atoms with Gasteiger partial charge in [-0.3, -0.25) is 9.59 Å². The lowest BCUT2D eigenvalue weighted by Gasteiger charge is -2.22. The van der Waals surface area contributed by atoms with Gasteiger partial charge >= 0.3 is 0 Å². The number of amides is 1. The topological polar surface area (TPSA) is 67.2 Å². The molecule has 2 rings (SSSR count). The standard InChI is InChI=1S/C13H19ClN4O2/c1-3-18-13(20)11(14)10(8-15-18)16-9(2)12(19)17-6-4-5-7-17/h8-9,16H,3-7H2,1-2H3. The molecule has 1 fully saturated rings. The van der Waals surface area contributed by atoms with Gasteiger partial charge in [0.2, 0.25) is 5.91 Å². The lowest BCUT2D eigenvalue weighted by Crippen LogP contribution is -2.40. The van der Waals surface area contributed by atoms with Crippen molar-refractivity contribution in [3.05, 3.63) is 21.6 Å². The first-order valence-corrected chi connectivity index (χ1v) is 7.23. The van der Waals surface area contributed by atoms with E-state index < -0.39 is 6.04 Å². The average molecular weight is 299 g/mol. The van der Waals surface area contributed by atoms with Crippen LogP contribution in [0, 0.1) is 0 Å². The predicted molar refractivity (Wildman–Crippen MR) is 78.1 cm³/mol. The number of hydrogen-bond acceptors (Lipinski definition) is 4. The van der Waals surface area contributed by atoms with Crippen molar-refractivity contribution in [3.63, 3.8) is 0 Å². The van der Waals surface area contributed by atoms with Gasteiger partial charge in [0, 0.05) is 19.6 Å². The van der Waals surface area contributed by atoms with E-state index in [4.69, 9.17) is 11.6 Å². The molecule has 1 aliphatic rings. The van der Waals surface area contributed by atoms with Gasteiger partial charge in [-0.15, -0.1) is 0 Å². The summed E-state index contributed by atoms with van der Waals surface area (Å²) in [5, 5.41) is 7.05. The van der Waals surface area contributed by atoms with Gasteiger partial charge in [-0.05, 0) is 26.7 Å². The number of likely N-dealkylation sites (tertiary alicyclic amines) is 1. The molecule has 0 aromatic carbocycles. The van der Waals surface area contributed by atoms with Gasteiger partial charge in [-0.25, -0.2) is 4.68 Å². The minimum Gasteiger partial charge on any atom is -0.371 e. The number of aryl methyl sites for hydroxylation is 1. The number of nitrogens with zero attached hydrogens (tertiary/aromatic N) is 3. The van der Waals surface area contributed by atoms with Gasteiger partial charge in [-0.2, -0.15) is 5.10 Å². The third-order valence-electron chi connectivity index (χ3n) is 3.44. The van der Waals surface area contributed by atoms with E-state index in [2.05, 4.69) is 10.4 Å². The van der Waals surface area contributed by atoms with E-state index in [1.54, 1.807) is 6.92 Å². The summed E-state index contributed by atoms with van der Waals surface area (Å²) in [4.78, 5) is 25.9. The lowest BCUT2D eigenvalue weighted by molar-refractivity contribution is -0.130. The minimum absolute atomic E-state index is 0.0261. The summed E-state index contributed by atoms with van der Waals surface area (Å²) in [5.41, 5.74) is 0.0569. The summed E-state index contributed by atoms with van der Waals surface area (Å²) >= 11 is 6.02. The number of nitrogens with one attached hydrogen (secondary N) is 1.